The number of aromatic nitrogens is 4. The van der Waals surface area contributed by atoms with Crippen molar-refractivity contribution in [1.82, 2.24) is 20.6 Å². The molecule has 0 bridgehead atoms. The van der Waals surface area contributed by atoms with E-state index in [9.17, 15) is 8.78 Å². The number of benzene rings is 1. The van der Waals surface area contributed by atoms with Gasteiger partial charge in [-0.15, -0.1) is 10.2 Å². The minimum atomic E-state index is -2.90. The van der Waals surface area contributed by atoms with Crippen LogP contribution in [-0.4, -0.2) is 34.3 Å². The molecule has 1 heterocycles. The standard InChI is InChI=1S/C9H8F2N4O2/c1-16-7-4-5(8-12-14-15-13-8)2-3-6(7)17-9(10)11/h2-4,9H,1H3,(H,12,13,14,15). The van der Waals surface area contributed by atoms with Crippen molar-refractivity contribution in [2.45, 2.75) is 6.61 Å². The van der Waals surface area contributed by atoms with Gasteiger partial charge >= 0.3 is 6.61 Å². The molecule has 0 atom stereocenters. The average Bonchev–Trinajstić information content (AvgIpc) is 2.82. The molecule has 0 saturated carbocycles. The Balaban J connectivity index is 2.34. The van der Waals surface area contributed by atoms with Crippen LogP contribution in [0.5, 0.6) is 11.5 Å². The van der Waals surface area contributed by atoms with Crippen LogP contribution in [-0.2, 0) is 0 Å². The summed E-state index contributed by atoms with van der Waals surface area (Å²) in [6.45, 7) is -2.90. The maximum Gasteiger partial charge on any atom is 0.387 e. The molecule has 0 aliphatic rings. The summed E-state index contributed by atoms with van der Waals surface area (Å²) in [6.07, 6.45) is 0. The largest absolute Gasteiger partial charge is 0.493 e. The van der Waals surface area contributed by atoms with E-state index in [2.05, 4.69) is 25.4 Å². The Kier molecular flexibility index (Phi) is 3.12. The summed E-state index contributed by atoms with van der Waals surface area (Å²) in [7, 11) is 1.35. The van der Waals surface area contributed by atoms with E-state index >= 15 is 0 Å². The van der Waals surface area contributed by atoms with Crippen molar-refractivity contribution in [3.63, 3.8) is 0 Å². The molecule has 2 aromatic rings. The van der Waals surface area contributed by atoms with E-state index in [1.807, 2.05) is 0 Å². The highest BCUT2D eigenvalue weighted by molar-refractivity contribution is 5.60. The Bertz CT molecular complexity index is 490. The normalized spacial score (nSPS) is 10.6. The lowest BCUT2D eigenvalue weighted by atomic mass is 10.2. The molecule has 90 valence electrons. The summed E-state index contributed by atoms with van der Waals surface area (Å²) in [5, 5.41) is 13.2. The number of ether oxygens (including phenoxy) is 2. The Morgan fingerprint density at radius 1 is 1.29 bits per heavy atom. The second-order valence-corrected chi connectivity index (χ2v) is 2.98. The molecular formula is C9H8F2N4O2. The molecule has 2 rings (SSSR count). The van der Waals surface area contributed by atoms with Gasteiger partial charge in [-0.25, -0.2) is 0 Å². The minimum absolute atomic E-state index is 0.0465. The number of nitrogens with one attached hydrogen (secondary N) is 1. The predicted molar refractivity (Wildman–Crippen MR) is 52.8 cm³/mol. The number of halogens is 2. The number of hydrogen-bond donors (Lipinski definition) is 1. The molecule has 1 N–H and O–H groups in total. The van der Waals surface area contributed by atoms with Gasteiger partial charge in [0.2, 0.25) is 5.82 Å². The summed E-state index contributed by atoms with van der Waals surface area (Å²) >= 11 is 0. The van der Waals surface area contributed by atoms with Gasteiger partial charge in [0.1, 0.15) is 0 Å². The first kappa shape index (κ1) is 11.2. The Morgan fingerprint density at radius 2 is 2.12 bits per heavy atom. The molecule has 0 radical (unpaired) electrons. The number of aromatic amines is 1. The zero-order chi connectivity index (χ0) is 12.3. The second-order valence-electron chi connectivity index (χ2n) is 2.98. The van der Waals surface area contributed by atoms with Gasteiger partial charge in [0, 0.05) is 5.56 Å². The lowest BCUT2D eigenvalue weighted by Crippen LogP contribution is -2.03. The smallest absolute Gasteiger partial charge is 0.387 e. The van der Waals surface area contributed by atoms with E-state index in [4.69, 9.17) is 4.74 Å². The molecule has 0 aliphatic carbocycles. The van der Waals surface area contributed by atoms with Crippen molar-refractivity contribution >= 4 is 0 Å². The summed E-state index contributed by atoms with van der Waals surface area (Å²) in [5.74, 6) is 0.467. The third-order valence-corrected chi connectivity index (χ3v) is 1.98. The minimum Gasteiger partial charge on any atom is -0.493 e. The van der Waals surface area contributed by atoms with Gasteiger partial charge < -0.3 is 9.47 Å². The monoisotopic (exact) mass is 242 g/mol. The quantitative estimate of drug-likeness (QED) is 0.878. The van der Waals surface area contributed by atoms with Gasteiger partial charge in [0.15, 0.2) is 11.5 Å². The molecule has 0 saturated heterocycles. The average molecular weight is 242 g/mol. The van der Waals surface area contributed by atoms with Gasteiger partial charge in [-0.2, -0.15) is 14.0 Å². The van der Waals surface area contributed by atoms with Crippen LogP contribution in [0.4, 0.5) is 8.78 Å². The highest BCUT2D eigenvalue weighted by atomic mass is 19.3. The van der Waals surface area contributed by atoms with Crippen LogP contribution in [0, 0.1) is 0 Å². The SMILES string of the molecule is COc1cc(-c2nn[nH]n2)ccc1OC(F)F. The molecule has 8 heteroatoms. The van der Waals surface area contributed by atoms with E-state index in [0.717, 1.165) is 0 Å². The molecule has 1 aromatic heterocycles. The maximum absolute atomic E-state index is 12.1. The van der Waals surface area contributed by atoms with E-state index in [0.29, 0.717) is 11.4 Å². The fourth-order valence-electron chi connectivity index (χ4n) is 1.28. The lowest BCUT2D eigenvalue weighted by molar-refractivity contribution is -0.0512. The summed E-state index contributed by atoms with van der Waals surface area (Å²) in [6, 6.07) is 4.38. The van der Waals surface area contributed by atoms with Crippen LogP contribution < -0.4 is 9.47 Å². The first-order valence-corrected chi connectivity index (χ1v) is 4.57. The number of hydrogen-bond acceptors (Lipinski definition) is 5. The predicted octanol–water partition coefficient (Wildman–Crippen LogP) is 1.48. The fraction of sp³-hybridized carbons (Fsp3) is 0.222. The fourth-order valence-corrected chi connectivity index (χ4v) is 1.28. The van der Waals surface area contributed by atoms with Crippen LogP contribution >= 0.6 is 0 Å². The Hall–Kier alpha value is -2.25. The Labute approximate surface area is 94.6 Å². The molecule has 17 heavy (non-hydrogen) atoms. The molecule has 6 nitrogen and oxygen atoms in total. The van der Waals surface area contributed by atoms with Crippen molar-refractivity contribution in [3.8, 4) is 22.9 Å². The number of H-pyrrole nitrogens is 1. The number of alkyl halides is 2. The van der Waals surface area contributed by atoms with Gasteiger partial charge in [0.25, 0.3) is 0 Å². The molecule has 0 spiro atoms. The maximum atomic E-state index is 12.1. The zero-order valence-corrected chi connectivity index (χ0v) is 8.72. The topological polar surface area (TPSA) is 72.9 Å². The van der Waals surface area contributed by atoms with Crippen molar-refractivity contribution < 1.29 is 18.3 Å². The van der Waals surface area contributed by atoms with Crippen LogP contribution in [0.15, 0.2) is 18.2 Å². The third kappa shape index (κ3) is 2.47. The summed E-state index contributed by atoms with van der Waals surface area (Å²) < 4.78 is 33.4. The molecule has 0 aliphatic heterocycles. The van der Waals surface area contributed by atoms with Crippen LogP contribution in [0.3, 0.4) is 0 Å². The molecule has 1 aromatic carbocycles. The second kappa shape index (κ2) is 4.73. The number of methoxy groups -OCH3 is 1. The van der Waals surface area contributed by atoms with Crippen LogP contribution in [0.1, 0.15) is 0 Å². The number of tetrazole rings is 1. The van der Waals surface area contributed by atoms with Crippen molar-refractivity contribution in [2.24, 2.45) is 0 Å². The third-order valence-electron chi connectivity index (χ3n) is 1.98. The van der Waals surface area contributed by atoms with Gasteiger partial charge in [-0.1, -0.05) is 0 Å². The van der Waals surface area contributed by atoms with Crippen molar-refractivity contribution in [1.29, 1.82) is 0 Å². The molecular weight excluding hydrogens is 234 g/mol. The first-order valence-electron chi connectivity index (χ1n) is 4.57. The first-order chi connectivity index (χ1) is 8.20. The van der Waals surface area contributed by atoms with Crippen molar-refractivity contribution in [3.05, 3.63) is 18.2 Å². The van der Waals surface area contributed by atoms with Gasteiger partial charge in [0.05, 0.1) is 7.11 Å². The highest BCUT2D eigenvalue weighted by Crippen LogP contribution is 2.31. The van der Waals surface area contributed by atoms with Crippen LogP contribution in [0.25, 0.3) is 11.4 Å². The van der Waals surface area contributed by atoms with Crippen molar-refractivity contribution in [2.75, 3.05) is 7.11 Å². The molecule has 0 unspecified atom stereocenters. The Morgan fingerprint density at radius 3 is 2.71 bits per heavy atom. The summed E-state index contributed by atoms with van der Waals surface area (Å²) in [5.41, 5.74) is 0.581. The van der Waals surface area contributed by atoms with Gasteiger partial charge in [-0.3, -0.25) is 0 Å². The zero-order valence-electron chi connectivity index (χ0n) is 8.72. The van der Waals surface area contributed by atoms with Gasteiger partial charge in [-0.05, 0) is 23.4 Å². The summed E-state index contributed by atoms with van der Waals surface area (Å²) in [4.78, 5) is 0. The molecule has 0 fully saturated rings. The van der Waals surface area contributed by atoms with E-state index in [1.54, 1.807) is 0 Å². The number of nitrogens with zero attached hydrogens (tertiary/aromatic N) is 3. The van der Waals surface area contributed by atoms with E-state index < -0.39 is 6.61 Å². The molecule has 0 amide bonds. The number of rotatable bonds is 4. The lowest BCUT2D eigenvalue weighted by Gasteiger charge is -2.10. The van der Waals surface area contributed by atoms with E-state index in [-0.39, 0.29) is 11.5 Å². The highest BCUT2D eigenvalue weighted by Gasteiger charge is 2.13. The van der Waals surface area contributed by atoms with E-state index in [1.165, 1.54) is 25.3 Å². The van der Waals surface area contributed by atoms with Crippen LogP contribution in [0.2, 0.25) is 0 Å².